The fourth-order valence-corrected chi connectivity index (χ4v) is 1.27. The van der Waals surface area contributed by atoms with Gasteiger partial charge in [-0.2, -0.15) is 5.26 Å². The van der Waals surface area contributed by atoms with Gasteiger partial charge in [0.2, 0.25) is 0 Å². The number of hydrogen-bond donors (Lipinski definition) is 1. The van der Waals surface area contributed by atoms with E-state index in [1.165, 1.54) is 0 Å². The molecule has 0 aliphatic rings. The van der Waals surface area contributed by atoms with Crippen LogP contribution in [0.15, 0.2) is 30.3 Å². The number of rotatable bonds is 6. The molecule has 0 saturated carbocycles. The second-order valence-electron chi connectivity index (χ2n) is 3.38. The van der Waals surface area contributed by atoms with E-state index in [-0.39, 0.29) is 12.8 Å². The van der Waals surface area contributed by atoms with Gasteiger partial charge in [-0.25, -0.2) is 0 Å². The van der Waals surface area contributed by atoms with Crippen molar-refractivity contribution >= 4 is 5.97 Å². The van der Waals surface area contributed by atoms with E-state index < -0.39 is 12.1 Å². The fraction of sp³-hybridized carbons (Fsp3) is 0.333. The summed E-state index contributed by atoms with van der Waals surface area (Å²) in [5.41, 5.74) is 0.968. The first-order chi connectivity index (χ1) is 7.72. The first kappa shape index (κ1) is 12.2. The predicted molar refractivity (Wildman–Crippen MR) is 57.5 cm³/mol. The van der Waals surface area contributed by atoms with Gasteiger partial charge in [-0.05, 0) is 5.56 Å². The van der Waals surface area contributed by atoms with Crippen molar-refractivity contribution in [3.05, 3.63) is 35.9 Å². The lowest BCUT2D eigenvalue weighted by Gasteiger charge is -2.12. The van der Waals surface area contributed by atoms with Gasteiger partial charge in [-0.15, -0.1) is 0 Å². The van der Waals surface area contributed by atoms with E-state index in [1.54, 1.807) is 0 Å². The molecule has 0 aromatic heterocycles. The second-order valence-corrected chi connectivity index (χ2v) is 3.38. The highest BCUT2D eigenvalue weighted by molar-refractivity contribution is 5.67. The minimum absolute atomic E-state index is 0.0964. The SMILES string of the molecule is N#CCC(CC(=O)O)OCc1ccccc1. The Balaban J connectivity index is 2.44. The quantitative estimate of drug-likeness (QED) is 0.793. The summed E-state index contributed by atoms with van der Waals surface area (Å²) in [6.45, 7) is 0.334. The highest BCUT2D eigenvalue weighted by atomic mass is 16.5. The third-order valence-electron chi connectivity index (χ3n) is 2.05. The van der Waals surface area contributed by atoms with Gasteiger partial charge in [0.15, 0.2) is 0 Å². The molecule has 16 heavy (non-hydrogen) atoms. The summed E-state index contributed by atoms with van der Waals surface area (Å²) in [5.74, 6) is -0.951. The molecule has 1 N–H and O–H groups in total. The van der Waals surface area contributed by atoms with Crippen LogP contribution in [0.4, 0.5) is 0 Å². The first-order valence-electron chi connectivity index (χ1n) is 4.96. The summed E-state index contributed by atoms with van der Waals surface area (Å²) < 4.78 is 5.38. The van der Waals surface area contributed by atoms with Crippen LogP contribution < -0.4 is 0 Å². The van der Waals surface area contributed by atoms with Crippen molar-refractivity contribution < 1.29 is 14.6 Å². The van der Waals surface area contributed by atoms with Gasteiger partial charge < -0.3 is 9.84 Å². The van der Waals surface area contributed by atoms with E-state index in [2.05, 4.69) is 0 Å². The number of carbonyl (C=O) groups is 1. The van der Waals surface area contributed by atoms with Gasteiger partial charge >= 0.3 is 5.97 Å². The van der Waals surface area contributed by atoms with Gasteiger partial charge in [-0.3, -0.25) is 4.79 Å². The number of hydrogen-bond acceptors (Lipinski definition) is 3. The largest absolute Gasteiger partial charge is 0.481 e. The van der Waals surface area contributed by atoms with E-state index in [0.717, 1.165) is 5.56 Å². The summed E-state index contributed by atoms with van der Waals surface area (Å²) in [6.07, 6.45) is -0.581. The normalized spacial score (nSPS) is 11.7. The first-order valence-corrected chi connectivity index (χ1v) is 4.96. The van der Waals surface area contributed by atoms with Crippen molar-refractivity contribution in [3.8, 4) is 6.07 Å². The Morgan fingerprint density at radius 3 is 2.69 bits per heavy atom. The molecule has 0 aliphatic heterocycles. The number of nitrogens with zero attached hydrogens (tertiary/aromatic N) is 1. The van der Waals surface area contributed by atoms with Gasteiger partial charge in [0.05, 0.1) is 31.6 Å². The number of carboxylic acid groups (broad SMARTS) is 1. The molecule has 84 valence electrons. The van der Waals surface area contributed by atoms with Crippen LogP contribution in [0.1, 0.15) is 18.4 Å². The van der Waals surface area contributed by atoms with Crippen LogP contribution in [-0.4, -0.2) is 17.2 Å². The second kappa shape index (κ2) is 6.59. The molecule has 0 fully saturated rings. The lowest BCUT2D eigenvalue weighted by atomic mass is 10.2. The van der Waals surface area contributed by atoms with Crippen molar-refractivity contribution in [2.45, 2.75) is 25.6 Å². The van der Waals surface area contributed by atoms with Gasteiger partial charge in [0, 0.05) is 0 Å². The van der Waals surface area contributed by atoms with E-state index in [4.69, 9.17) is 15.1 Å². The number of carboxylic acids is 1. The van der Waals surface area contributed by atoms with Gasteiger partial charge in [0.25, 0.3) is 0 Å². The molecule has 1 aromatic rings. The zero-order chi connectivity index (χ0) is 11.8. The zero-order valence-electron chi connectivity index (χ0n) is 8.80. The highest BCUT2D eigenvalue weighted by Gasteiger charge is 2.13. The van der Waals surface area contributed by atoms with Crippen LogP contribution in [0.3, 0.4) is 0 Å². The maximum atomic E-state index is 10.5. The Morgan fingerprint density at radius 1 is 1.44 bits per heavy atom. The maximum absolute atomic E-state index is 10.5. The Kier molecular flexibility index (Phi) is 5.03. The summed E-state index contributed by atoms with van der Waals surface area (Å²) in [6, 6.07) is 11.4. The fourth-order valence-electron chi connectivity index (χ4n) is 1.27. The molecule has 0 bridgehead atoms. The van der Waals surface area contributed by atoms with Crippen molar-refractivity contribution in [2.75, 3.05) is 0 Å². The average Bonchev–Trinajstić information content (AvgIpc) is 2.27. The smallest absolute Gasteiger partial charge is 0.306 e. The Bertz CT molecular complexity index is 370. The lowest BCUT2D eigenvalue weighted by molar-refractivity contribution is -0.140. The lowest BCUT2D eigenvalue weighted by Crippen LogP contribution is -2.17. The summed E-state index contributed by atoms with van der Waals surface area (Å²) in [4.78, 5) is 10.5. The minimum Gasteiger partial charge on any atom is -0.481 e. The predicted octanol–water partition coefficient (Wildman–Crippen LogP) is 1.96. The Labute approximate surface area is 94.1 Å². The van der Waals surface area contributed by atoms with Gasteiger partial charge in [0.1, 0.15) is 0 Å². The van der Waals surface area contributed by atoms with Crippen LogP contribution in [0.5, 0.6) is 0 Å². The molecular formula is C12H13NO3. The standard InChI is InChI=1S/C12H13NO3/c13-7-6-11(8-12(14)15)16-9-10-4-2-1-3-5-10/h1-5,11H,6,8-9H2,(H,14,15). The molecule has 1 rings (SSSR count). The number of nitriles is 1. The Morgan fingerprint density at radius 2 is 2.12 bits per heavy atom. The van der Waals surface area contributed by atoms with Crippen LogP contribution in [-0.2, 0) is 16.1 Å². The van der Waals surface area contributed by atoms with E-state index in [9.17, 15) is 4.79 Å². The van der Waals surface area contributed by atoms with Crippen molar-refractivity contribution in [3.63, 3.8) is 0 Å². The molecule has 0 amide bonds. The molecule has 1 aromatic carbocycles. The third-order valence-corrected chi connectivity index (χ3v) is 2.05. The van der Waals surface area contributed by atoms with Crippen LogP contribution in [0.25, 0.3) is 0 Å². The molecule has 0 spiro atoms. The average molecular weight is 219 g/mol. The van der Waals surface area contributed by atoms with Crippen molar-refractivity contribution in [2.24, 2.45) is 0 Å². The molecule has 4 heteroatoms. The highest BCUT2D eigenvalue weighted by Crippen LogP contribution is 2.08. The molecule has 1 unspecified atom stereocenters. The molecule has 0 heterocycles. The van der Waals surface area contributed by atoms with E-state index >= 15 is 0 Å². The van der Waals surface area contributed by atoms with Crippen LogP contribution in [0, 0.1) is 11.3 Å². The summed E-state index contributed by atoms with van der Waals surface area (Å²) in [7, 11) is 0. The maximum Gasteiger partial charge on any atom is 0.306 e. The van der Waals surface area contributed by atoms with Crippen LogP contribution >= 0.6 is 0 Å². The number of aliphatic carboxylic acids is 1. The van der Waals surface area contributed by atoms with E-state index in [0.29, 0.717) is 6.61 Å². The van der Waals surface area contributed by atoms with Gasteiger partial charge in [-0.1, -0.05) is 30.3 Å². The summed E-state index contributed by atoms with van der Waals surface area (Å²) >= 11 is 0. The number of ether oxygens (including phenoxy) is 1. The summed E-state index contributed by atoms with van der Waals surface area (Å²) in [5, 5.41) is 17.1. The van der Waals surface area contributed by atoms with Crippen molar-refractivity contribution in [1.29, 1.82) is 5.26 Å². The molecular weight excluding hydrogens is 206 g/mol. The van der Waals surface area contributed by atoms with E-state index in [1.807, 2.05) is 36.4 Å². The van der Waals surface area contributed by atoms with Crippen LogP contribution in [0.2, 0.25) is 0 Å². The minimum atomic E-state index is -0.951. The molecule has 0 radical (unpaired) electrons. The molecule has 0 saturated heterocycles. The Hall–Kier alpha value is -1.86. The molecule has 1 atom stereocenters. The van der Waals surface area contributed by atoms with Crippen molar-refractivity contribution in [1.82, 2.24) is 0 Å². The molecule has 4 nitrogen and oxygen atoms in total. The number of benzene rings is 1. The molecule has 0 aliphatic carbocycles. The monoisotopic (exact) mass is 219 g/mol. The zero-order valence-corrected chi connectivity index (χ0v) is 8.80. The third kappa shape index (κ3) is 4.58. The topological polar surface area (TPSA) is 70.3 Å².